The number of hydrogen-bond donors (Lipinski definition) is 1. The van der Waals surface area contributed by atoms with Crippen LogP contribution in [0.25, 0.3) is 11.3 Å². The van der Waals surface area contributed by atoms with Gasteiger partial charge >= 0.3 is 12.5 Å². The Kier molecular flexibility index (Phi) is 2.72. The van der Waals surface area contributed by atoms with Crippen LogP contribution in [0.5, 0.6) is 0 Å². The van der Waals surface area contributed by atoms with Crippen LogP contribution in [0.2, 0.25) is 0 Å². The first-order chi connectivity index (χ1) is 8.30. The van der Waals surface area contributed by atoms with Crippen molar-refractivity contribution < 1.29 is 23.1 Å². The van der Waals surface area contributed by atoms with E-state index >= 15 is 0 Å². The third kappa shape index (κ3) is 2.01. The van der Waals surface area contributed by atoms with Gasteiger partial charge < -0.3 is 9.77 Å². The van der Waals surface area contributed by atoms with E-state index in [2.05, 4.69) is 9.97 Å². The summed E-state index contributed by atoms with van der Waals surface area (Å²) in [5, 5.41) is 9.20. The normalized spacial score (nSPS) is 11.8. The number of nitrogens with zero attached hydrogens (tertiary/aromatic N) is 4. The zero-order valence-electron chi connectivity index (χ0n) is 9.60. The predicted octanol–water partition coefficient (Wildman–Crippen LogP) is 1.33. The van der Waals surface area contributed by atoms with Gasteiger partial charge in [-0.2, -0.15) is 13.2 Å². The Morgan fingerprint density at radius 3 is 2.56 bits per heavy atom. The van der Waals surface area contributed by atoms with Crippen molar-refractivity contribution in [2.45, 2.75) is 13.1 Å². The van der Waals surface area contributed by atoms with Crippen LogP contribution in [0.4, 0.5) is 13.2 Å². The van der Waals surface area contributed by atoms with E-state index in [-0.39, 0.29) is 5.69 Å². The number of alkyl halides is 3. The fraction of sp³-hybridized carbons (Fsp3) is 0.300. The SMILES string of the molecule is Cc1c(-c2cnc[n+](O)c2)nc(C(F)(F)F)n1C. The van der Waals surface area contributed by atoms with E-state index in [1.807, 2.05) is 0 Å². The van der Waals surface area contributed by atoms with E-state index in [4.69, 9.17) is 0 Å². The Morgan fingerprint density at radius 2 is 2.06 bits per heavy atom. The molecule has 0 saturated carbocycles. The largest absolute Gasteiger partial charge is 0.449 e. The molecule has 0 unspecified atom stereocenters. The van der Waals surface area contributed by atoms with Gasteiger partial charge in [-0.1, -0.05) is 9.71 Å². The van der Waals surface area contributed by atoms with Crippen molar-refractivity contribution in [2.24, 2.45) is 7.05 Å². The summed E-state index contributed by atoms with van der Waals surface area (Å²) in [6.07, 6.45) is -0.827. The van der Waals surface area contributed by atoms with Crippen molar-refractivity contribution in [3.8, 4) is 11.3 Å². The van der Waals surface area contributed by atoms with Crippen molar-refractivity contribution in [3.05, 3.63) is 30.2 Å². The van der Waals surface area contributed by atoms with Crippen molar-refractivity contribution in [2.75, 3.05) is 0 Å². The minimum absolute atomic E-state index is 0.140. The van der Waals surface area contributed by atoms with Gasteiger partial charge in [0.05, 0.1) is 11.3 Å². The van der Waals surface area contributed by atoms with Crippen LogP contribution in [0.1, 0.15) is 11.5 Å². The van der Waals surface area contributed by atoms with E-state index in [1.165, 1.54) is 26.4 Å². The molecule has 18 heavy (non-hydrogen) atoms. The molecule has 0 aromatic carbocycles. The number of halogens is 3. The molecule has 2 aromatic heterocycles. The second kappa shape index (κ2) is 3.97. The fourth-order valence-corrected chi connectivity index (χ4v) is 1.62. The molecule has 0 atom stereocenters. The maximum atomic E-state index is 12.7. The van der Waals surface area contributed by atoms with Gasteiger partial charge in [-0.25, -0.2) is 4.98 Å². The summed E-state index contributed by atoms with van der Waals surface area (Å²) >= 11 is 0. The molecular weight excluding hydrogens is 249 g/mol. The lowest BCUT2D eigenvalue weighted by Crippen LogP contribution is -2.29. The summed E-state index contributed by atoms with van der Waals surface area (Å²) in [5.41, 5.74) is 0.791. The first-order valence-electron chi connectivity index (χ1n) is 4.97. The molecule has 2 heterocycles. The molecule has 1 N–H and O–H groups in total. The number of hydrogen-bond acceptors (Lipinski definition) is 3. The van der Waals surface area contributed by atoms with E-state index in [9.17, 15) is 18.4 Å². The highest BCUT2D eigenvalue weighted by Crippen LogP contribution is 2.32. The minimum atomic E-state index is -4.52. The Morgan fingerprint density at radius 1 is 1.39 bits per heavy atom. The zero-order chi connectivity index (χ0) is 13.5. The monoisotopic (exact) mass is 259 g/mol. The summed E-state index contributed by atoms with van der Waals surface area (Å²) in [6.45, 7) is 1.52. The maximum absolute atomic E-state index is 12.7. The van der Waals surface area contributed by atoms with Gasteiger partial charge in [-0.3, -0.25) is 0 Å². The van der Waals surface area contributed by atoms with Gasteiger partial charge in [0, 0.05) is 12.7 Å². The van der Waals surface area contributed by atoms with Crippen LogP contribution in [0, 0.1) is 6.92 Å². The molecule has 2 rings (SSSR count). The number of rotatable bonds is 1. The van der Waals surface area contributed by atoms with E-state index in [0.29, 0.717) is 16.0 Å². The lowest BCUT2D eigenvalue weighted by Gasteiger charge is -2.05. The molecule has 0 radical (unpaired) electrons. The minimum Gasteiger partial charge on any atom is -0.350 e. The molecule has 5 nitrogen and oxygen atoms in total. The van der Waals surface area contributed by atoms with Gasteiger partial charge in [-0.15, -0.1) is 0 Å². The van der Waals surface area contributed by atoms with E-state index in [1.54, 1.807) is 0 Å². The second-order valence-corrected chi connectivity index (χ2v) is 3.78. The first-order valence-corrected chi connectivity index (χ1v) is 4.97. The van der Waals surface area contributed by atoms with Crippen LogP contribution < -0.4 is 4.73 Å². The van der Waals surface area contributed by atoms with Gasteiger partial charge in [0.2, 0.25) is 5.82 Å². The van der Waals surface area contributed by atoms with Gasteiger partial charge in [0.15, 0.2) is 6.20 Å². The van der Waals surface area contributed by atoms with E-state index < -0.39 is 12.0 Å². The molecule has 0 saturated heterocycles. The van der Waals surface area contributed by atoms with Crippen LogP contribution >= 0.6 is 0 Å². The average Bonchev–Trinajstić information content (AvgIpc) is 2.55. The second-order valence-electron chi connectivity index (χ2n) is 3.78. The highest BCUT2D eigenvalue weighted by molar-refractivity contribution is 5.59. The van der Waals surface area contributed by atoms with Gasteiger partial charge in [0.25, 0.3) is 0 Å². The fourth-order valence-electron chi connectivity index (χ4n) is 1.62. The Labute approximate surface area is 100 Å². The van der Waals surface area contributed by atoms with Crippen LogP contribution in [0.15, 0.2) is 18.7 Å². The van der Waals surface area contributed by atoms with Crippen molar-refractivity contribution in [3.63, 3.8) is 0 Å². The third-order valence-electron chi connectivity index (χ3n) is 2.58. The molecule has 8 heteroatoms. The van der Waals surface area contributed by atoms with Gasteiger partial charge in [-0.05, 0) is 6.92 Å². The zero-order valence-corrected chi connectivity index (χ0v) is 9.60. The third-order valence-corrected chi connectivity index (χ3v) is 2.58. The number of aromatic nitrogens is 4. The molecule has 96 valence electrons. The quantitative estimate of drug-likeness (QED) is 0.621. The summed E-state index contributed by atoms with van der Waals surface area (Å²) in [6, 6.07) is 0. The predicted molar refractivity (Wildman–Crippen MR) is 53.6 cm³/mol. The maximum Gasteiger partial charge on any atom is 0.449 e. The molecule has 0 aliphatic heterocycles. The summed E-state index contributed by atoms with van der Waals surface area (Å²) in [7, 11) is 1.29. The lowest BCUT2D eigenvalue weighted by atomic mass is 10.2. The van der Waals surface area contributed by atoms with Crippen molar-refractivity contribution in [1.82, 2.24) is 14.5 Å². The van der Waals surface area contributed by atoms with Crippen LogP contribution in [-0.2, 0) is 13.2 Å². The molecule has 0 aliphatic rings. The lowest BCUT2D eigenvalue weighted by molar-refractivity contribution is -0.906. The Bertz CT molecular complexity index is 591. The highest BCUT2D eigenvalue weighted by Gasteiger charge is 2.37. The summed E-state index contributed by atoms with van der Waals surface area (Å²) in [5.74, 6) is -0.983. The van der Waals surface area contributed by atoms with E-state index in [0.717, 1.165) is 10.9 Å². The number of imidazole rings is 1. The van der Waals surface area contributed by atoms with Crippen molar-refractivity contribution in [1.29, 1.82) is 0 Å². The summed E-state index contributed by atoms with van der Waals surface area (Å²) < 4.78 is 39.7. The molecule has 0 spiro atoms. The summed E-state index contributed by atoms with van der Waals surface area (Å²) in [4.78, 5) is 7.25. The first kappa shape index (κ1) is 12.3. The standard InChI is InChI=1S/C10H10F3N4O/c1-6-8(7-3-14-5-17(18)4-7)15-9(16(6)2)10(11,12)13/h3-5,18H,1-2H3/q+1. The molecule has 0 bridgehead atoms. The molecule has 0 fully saturated rings. The Hall–Kier alpha value is -2.12. The van der Waals surface area contributed by atoms with Crippen LogP contribution in [-0.4, -0.2) is 19.7 Å². The molecule has 0 aliphatic carbocycles. The molecule has 0 amide bonds. The smallest absolute Gasteiger partial charge is 0.350 e. The average molecular weight is 259 g/mol. The Balaban J connectivity index is 2.60. The molecule has 2 aromatic rings. The van der Waals surface area contributed by atoms with Gasteiger partial charge in [0.1, 0.15) is 6.20 Å². The topological polar surface area (TPSA) is 54.8 Å². The van der Waals surface area contributed by atoms with Crippen molar-refractivity contribution >= 4 is 0 Å². The molecular formula is C10H10F3N4O+. The highest BCUT2D eigenvalue weighted by atomic mass is 19.4. The van der Waals surface area contributed by atoms with Crippen LogP contribution in [0.3, 0.4) is 0 Å².